The van der Waals surface area contributed by atoms with Crippen molar-refractivity contribution in [1.82, 2.24) is 0 Å². The zero-order valence-corrected chi connectivity index (χ0v) is 24.5. The van der Waals surface area contributed by atoms with Gasteiger partial charge in [-0.3, -0.25) is 4.99 Å². The molecule has 1 aromatic rings. The van der Waals surface area contributed by atoms with Gasteiger partial charge in [0.25, 0.3) is 0 Å². The number of allylic oxidation sites excluding steroid dienone is 6. The average Bonchev–Trinajstić information content (AvgIpc) is 2.86. The molecule has 0 radical (unpaired) electrons. The first-order valence-electron chi connectivity index (χ1n) is 13.6. The zero-order valence-electron chi connectivity index (χ0n) is 24.5. The van der Waals surface area contributed by atoms with Crippen molar-refractivity contribution in [3.63, 3.8) is 0 Å². The van der Waals surface area contributed by atoms with Crippen molar-refractivity contribution in [1.29, 1.82) is 0 Å². The van der Waals surface area contributed by atoms with Gasteiger partial charge in [0.05, 0.1) is 0 Å². The van der Waals surface area contributed by atoms with Crippen LogP contribution in [-0.2, 0) is 0 Å². The van der Waals surface area contributed by atoms with Crippen LogP contribution in [0.3, 0.4) is 0 Å². The van der Waals surface area contributed by atoms with Crippen LogP contribution >= 0.6 is 0 Å². The zero-order chi connectivity index (χ0) is 27.5. The minimum absolute atomic E-state index is 0.162. The Morgan fingerprint density at radius 2 is 1.69 bits per heavy atom. The monoisotopic (exact) mass is 486 g/mol. The van der Waals surface area contributed by atoms with Gasteiger partial charge in [0.2, 0.25) is 0 Å². The van der Waals surface area contributed by atoms with Crippen LogP contribution in [-0.4, -0.2) is 6.21 Å². The molecule has 0 bridgehead atoms. The maximum atomic E-state index is 12.2. The van der Waals surface area contributed by atoms with Crippen molar-refractivity contribution < 1.29 is 4.39 Å². The predicted octanol–water partition coefficient (Wildman–Crippen LogP) is 10.7. The van der Waals surface area contributed by atoms with Gasteiger partial charge < -0.3 is 5.73 Å². The standard InChI is InChI=1S/C21H36N2.C7H7F.2C2H6/c1-6-10-12-14-18(5)16-20(19(8-3)17-23-9-4)21(22)15-13-11-7-2;1-6-3-2-4-7(8)5-6;2*1-2/h9,13,15-17H,6-8,10-12,14,22H2,1-5H3;2-5H,1H3;2*1-2H3/b15-13+,18-16+,19-17+,21-20-,23-9?;;;. The molecular weight excluding hydrogens is 431 g/mol. The number of hydrogen-bond acceptors (Lipinski definition) is 2. The molecular formula is C32H55FN2. The van der Waals surface area contributed by atoms with E-state index in [0.29, 0.717) is 0 Å². The molecule has 0 aliphatic heterocycles. The predicted molar refractivity (Wildman–Crippen MR) is 160 cm³/mol. The molecule has 35 heavy (non-hydrogen) atoms. The SMILES string of the molecule is CC.CC.CC=N/C=C(CC)/C(/C=C(\C)CCCCC)=C(N)/C=C/CCC.Cc1cccc(F)c1. The summed E-state index contributed by atoms with van der Waals surface area (Å²) >= 11 is 0. The van der Waals surface area contributed by atoms with E-state index in [1.165, 1.54) is 42.5 Å². The van der Waals surface area contributed by atoms with E-state index in [2.05, 4.69) is 44.8 Å². The average molecular weight is 487 g/mol. The van der Waals surface area contributed by atoms with Crippen molar-refractivity contribution in [2.24, 2.45) is 10.7 Å². The molecule has 0 aromatic heterocycles. The summed E-state index contributed by atoms with van der Waals surface area (Å²) in [6, 6.07) is 6.50. The molecule has 0 fully saturated rings. The van der Waals surface area contributed by atoms with E-state index in [0.717, 1.165) is 42.5 Å². The summed E-state index contributed by atoms with van der Waals surface area (Å²) in [5, 5.41) is 0. The van der Waals surface area contributed by atoms with Gasteiger partial charge in [-0.2, -0.15) is 0 Å². The largest absolute Gasteiger partial charge is 0.398 e. The lowest BCUT2D eigenvalue weighted by molar-refractivity contribution is 0.626. The fourth-order valence-electron chi connectivity index (χ4n) is 2.92. The number of unbranched alkanes of at least 4 members (excludes halogenated alkanes) is 3. The summed E-state index contributed by atoms with van der Waals surface area (Å²) in [6.07, 6.45) is 18.3. The third-order valence-electron chi connectivity index (χ3n) is 4.72. The Bertz CT molecular complexity index is 750. The first kappa shape index (κ1) is 37.1. The first-order chi connectivity index (χ1) is 16.9. The maximum absolute atomic E-state index is 12.2. The third-order valence-corrected chi connectivity index (χ3v) is 4.72. The summed E-state index contributed by atoms with van der Waals surface area (Å²) in [4.78, 5) is 4.30. The van der Waals surface area contributed by atoms with Gasteiger partial charge in [-0.15, -0.1) is 0 Å². The molecule has 0 saturated carbocycles. The highest BCUT2D eigenvalue weighted by molar-refractivity contribution is 5.55. The van der Waals surface area contributed by atoms with Gasteiger partial charge >= 0.3 is 0 Å². The Morgan fingerprint density at radius 3 is 2.14 bits per heavy atom. The Kier molecular flexibility index (Phi) is 29.5. The van der Waals surface area contributed by atoms with E-state index in [1.807, 2.05) is 66.1 Å². The normalized spacial score (nSPS) is 12.2. The van der Waals surface area contributed by atoms with Crippen LogP contribution in [0.25, 0.3) is 0 Å². The second kappa shape index (κ2) is 27.8. The van der Waals surface area contributed by atoms with Gasteiger partial charge in [-0.25, -0.2) is 4.39 Å². The topological polar surface area (TPSA) is 38.4 Å². The molecule has 0 amide bonds. The van der Waals surface area contributed by atoms with Gasteiger partial charge in [0, 0.05) is 23.7 Å². The lowest BCUT2D eigenvalue weighted by Gasteiger charge is -2.11. The van der Waals surface area contributed by atoms with Gasteiger partial charge in [0.1, 0.15) is 5.82 Å². The Balaban J connectivity index is -0.000000701. The summed E-state index contributed by atoms with van der Waals surface area (Å²) in [6.45, 7) is 20.6. The maximum Gasteiger partial charge on any atom is 0.123 e. The number of benzene rings is 1. The number of aryl methyl sites for hydroxylation is 1. The molecule has 200 valence electrons. The number of nitrogens with two attached hydrogens (primary N) is 1. The fourth-order valence-corrected chi connectivity index (χ4v) is 2.92. The number of halogens is 1. The third kappa shape index (κ3) is 21.8. The minimum Gasteiger partial charge on any atom is -0.398 e. The second-order valence-electron chi connectivity index (χ2n) is 7.72. The molecule has 3 heteroatoms. The van der Waals surface area contributed by atoms with Crippen molar-refractivity contribution in [2.45, 2.75) is 114 Å². The molecule has 0 heterocycles. The van der Waals surface area contributed by atoms with E-state index in [4.69, 9.17) is 5.73 Å². The Morgan fingerprint density at radius 1 is 1.03 bits per heavy atom. The highest BCUT2D eigenvalue weighted by Gasteiger charge is 2.05. The van der Waals surface area contributed by atoms with Crippen LogP contribution in [0.1, 0.15) is 113 Å². The van der Waals surface area contributed by atoms with E-state index in [-0.39, 0.29) is 5.82 Å². The number of aliphatic imine (C=N–C) groups is 1. The van der Waals surface area contributed by atoms with Crippen LogP contribution in [0, 0.1) is 12.7 Å². The van der Waals surface area contributed by atoms with Crippen LogP contribution in [0.4, 0.5) is 4.39 Å². The lowest BCUT2D eigenvalue weighted by atomic mass is 9.97. The van der Waals surface area contributed by atoms with Crippen molar-refractivity contribution in [2.75, 3.05) is 0 Å². The Labute approximate surface area is 218 Å². The molecule has 0 unspecified atom stereocenters. The van der Waals surface area contributed by atoms with Gasteiger partial charge in [-0.05, 0) is 75.8 Å². The second-order valence-corrected chi connectivity index (χ2v) is 7.72. The van der Waals surface area contributed by atoms with E-state index >= 15 is 0 Å². The van der Waals surface area contributed by atoms with E-state index in [9.17, 15) is 4.39 Å². The molecule has 2 N–H and O–H groups in total. The number of nitrogens with zero attached hydrogens (tertiary/aromatic N) is 1. The van der Waals surface area contributed by atoms with Crippen LogP contribution in [0.2, 0.25) is 0 Å². The first-order valence-corrected chi connectivity index (χ1v) is 13.6. The molecule has 2 nitrogen and oxygen atoms in total. The molecule has 0 aliphatic carbocycles. The summed E-state index contributed by atoms with van der Waals surface area (Å²) in [7, 11) is 0. The summed E-state index contributed by atoms with van der Waals surface area (Å²) in [5.41, 5.74) is 11.9. The molecule has 0 aliphatic rings. The molecule has 0 saturated heterocycles. The van der Waals surface area contributed by atoms with Crippen molar-refractivity contribution in [3.05, 3.63) is 82.5 Å². The fraction of sp³-hybridized carbons (Fsp3) is 0.531. The van der Waals surface area contributed by atoms with Crippen LogP contribution in [0.15, 0.2) is 76.1 Å². The van der Waals surface area contributed by atoms with Gasteiger partial charge in [0.15, 0.2) is 0 Å². The van der Waals surface area contributed by atoms with E-state index < -0.39 is 0 Å². The molecule has 1 rings (SSSR count). The van der Waals surface area contributed by atoms with Gasteiger partial charge in [-0.1, -0.05) is 97.6 Å². The van der Waals surface area contributed by atoms with E-state index in [1.54, 1.807) is 6.07 Å². The minimum atomic E-state index is -0.162. The van der Waals surface area contributed by atoms with Crippen molar-refractivity contribution >= 4 is 6.21 Å². The van der Waals surface area contributed by atoms with Crippen LogP contribution in [0.5, 0.6) is 0 Å². The molecule has 1 aromatic carbocycles. The number of rotatable bonds is 11. The lowest BCUT2D eigenvalue weighted by Crippen LogP contribution is -2.02. The van der Waals surface area contributed by atoms with Crippen LogP contribution < -0.4 is 5.73 Å². The summed E-state index contributed by atoms with van der Waals surface area (Å²) < 4.78 is 12.2. The highest BCUT2D eigenvalue weighted by Crippen LogP contribution is 2.22. The number of hydrogen-bond donors (Lipinski definition) is 1. The van der Waals surface area contributed by atoms with Crippen molar-refractivity contribution in [3.8, 4) is 0 Å². The molecule has 0 atom stereocenters. The Hall–Kier alpha value is -2.42. The molecule has 0 spiro atoms. The summed E-state index contributed by atoms with van der Waals surface area (Å²) in [5.74, 6) is -0.162. The smallest absolute Gasteiger partial charge is 0.123 e. The highest BCUT2D eigenvalue weighted by atomic mass is 19.1. The quantitative estimate of drug-likeness (QED) is 0.188.